The van der Waals surface area contributed by atoms with Gasteiger partial charge in [0.25, 0.3) is 0 Å². The van der Waals surface area contributed by atoms with Crippen molar-refractivity contribution in [3.8, 4) is 0 Å². The SMILES string of the molecule is FC(F)(F)c1ccc(Nc2nc3cccc(CBr)n3n2)cc1. The summed E-state index contributed by atoms with van der Waals surface area (Å²) in [6.45, 7) is 0. The molecule has 0 aliphatic carbocycles. The largest absolute Gasteiger partial charge is 0.416 e. The highest BCUT2D eigenvalue weighted by molar-refractivity contribution is 9.08. The fourth-order valence-electron chi connectivity index (χ4n) is 1.98. The summed E-state index contributed by atoms with van der Waals surface area (Å²) in [5, 5.41) is 7.81. The fraction of sp³-hybridized carbons (Fsp3) is 0.143. The van der Waals surface area contributed by atoms with Gasteiger partial charge in [-0.05, 0) is 36.4 Å². The maximum atomic E-state index is 12.5. The molecule has 4 nitrogen and oxygen atoms in total. The second-order valence-electron chi connectivity index (χ2n) is 4.56. The Bertz CT molecular complexity index is 796. The van der Waals surface area contributed by atoms with Crippen molar-refractivity contribution in [2.24, 2.45) is 0 Å². The Morgan fingerprint density at radius 1 is 1.09 bits per heavy atom. The minimum Gasteiger partial charge on any atom is -0.323 e. The number of nitrogens with one attached hydrogen (secondary N) is 1. The van der Waals surface area contributed by atoms with E-state index < -0.39 is 11.7 Å². The lowest BCUT2D eigenvalue weighted by Crippen LogP contribution is -2.04. The van der Waals surface area contributed by atoms with Gasteiger partial charge in [0.1, 0.15) is 0 Å². The Morgan fingerprint density at radius 3 is 2.45 bits per heavy atom. The van der Waals surface area contributed by atoms with Crippen molar-refractivity contribution in [3.63, 3.8) is 0 Å². The number of aromatic nitrogens is 3. The third-order valence-corrected chi connectivity index (χ3v) is 3.62. The highest BCUT2D eigenvalue weighted by atomic mass is 79.9. The molecule has 0 unspecified atom stereocenters. The van der Waals surface area contributed by atoms with Crippen LogP contribution in [0, 0.1) is 0 Å². The molecule has 0 saturated carbocycles. The van der Waals surface area contributed by atoms with Crippen molar-refractivity contribution in [3.05, 3.63) is 53.7 Å². The van der Waals surface area contributed by atoms with E-state index in [0.717, 1.165) is 17.8 Å². The topological polar surface area (TPSA) is 42.2 Å². The monoisotopic (exact) mass is 370 g/mol. The van der Waals surface area contributed by atoms with Crippen LogP contribution in [0.3, 0.4) is 0 Å². The molecular formula is C14H10BrF3N4. The number of pyridine rings is 1. The zero-order valence-electron chi connectivity index (χ0n) is 11.1. The van der Waals surface area contributed by atoms with Crippen LogP contribution in [0.5, 0.6) is 0 Å². The Labute approximate surface area is 132 Å². The molecule has 114 valence electrons. The first-order chi connectivity index (χ1) is 10.5. The third kappa shape index (κ3) is 2.92. The number of halogens is 4. The molecule has 2 aromatic heterocycles. The molecule has 1 N–H and O–H groups in total. The lowest BCUT2D eigenvalue weighted by atomic mass is 10.2. The van der Waals surface area contributed by atoms with Crippen LogP contribution in [0.4, 0.5) is 24.8 Å². The summed E-state index contributed by atoms with van der Waals surface area (Å²) in [7, 11) is 0. The first-order valence-electron chi connectivity index (χ1n) is 6.32. The standard InChI is InChI=1S/C14H10BrF3N4/c15-8-11-2-1-3-12-20-13(21-22(11)12)19-10-6-4-9(5-7-10)14(16,17)18/h1-7H,8H2,(H,19,21). The van der Waals surface area contributed by atoms with Crippen LogP contribution >= 0.6 is 15.9 Å². The van der Waals surface area contributed by atoms with Gasteiger partial charge in [0.2, 0.25) is 5.95 Å². The Hall–Kier alpha value is -2.09. The zero-order valence-corrected chi connectivity index (χ0v) is 12.7. The first kappa shape index (κ1) is 14.8. The van der Waals surface area contributed by atoms with Gasteiger partial charge in [-0.25, -0.2) is 4.52 Å². The number of nitrogens with zero attached hydrogens (tertiary/aromatic N) is 3. The molecule has 0 aliphatic heterocycles. The van der Waals surface area contributed by atoms with Gasteiger partial charge in [-0.2, -0.15) is 18.2 Å². The third-order valence-electron chi connectivity index (χ3n) is 3.04. The predicted molar refractivity (Wildman–Crippen MR) is 80.3 cm³/mol. The van der Waals surface area contributed by atoms with E-state index in [1.165, 1.54) is 12.1 Å². The summed E-state index contributed by atoms with van der Waals surface area (Å²) in [5.41, 5.74) is 1.38. The number of hydrogen-bond acceptors (Lipinski definition) is 3. The fourth-order valence-corrected chi connectivity index (χ4v) is 2.41. The van der Waals surface area contributed by atoms with Gasteiger partial charge in [-0.3, -0.25) is 0 Å². The van der Waals surface area contributed by atoms with E-state index in [2.05, 4.69) is 31.3 Å². The van der Waals surface area contributed by atoms with E-state index in [4.69, 9.17) is 0 Å². The maximum Gasteiger partial charge on any atom is 0.416 e. The molecule has 0 amide bonds. The van der Waals surface area contributed by atoms with E-state index in [1.807, 2.05) is 12.1 Å². The Morgan fingerprint density at radius 2 is 1.82 bits per heavy atom. The number of benzene rings is 1. The molecule has 8 heteroatoms. The molecule has 3 rings (SSSR count). The van der Waals surface area contributed by atoms with Crippen molar-refractivity contribution in [2.75, 3.05) is 5.32 Å². The van der Waals surface area contributed by atoms with E-state index in [1.54, 1.807) is 10.6 Å². The summed E-state index contributed by atoms with van der Waals surface area (Å²) in [5.74, 6) is 0.327. The molecule has 0 fully saturated rings. The van der Waals surface area contributed by atoms with Crippen molar-refractivity contribution in [1.29, 1.82) is 0 Å². The normalized spacial score (nSPS) is 11.8. The highest BCUT2D eigenvalue weighted by Gasteiger charge is 2.29. The number of rotatable bonds is 3. The van der Waals surface area contributed by atoms with E-state index in [0.29, 0.717) is 22.6 Å². The molecule has 0 atom stereocenters. The zero-order chi connectivity index (χ0) is 15.7. The second-order valence-corrected chi connectivity index (χ2v) is 5.12. The van der Waals surface area contributed by atoms with Crippen LogP contribution < -0.4 is 5.32 Å². The van der Waals surface area contributed by atoms with Crippen LogP contribution in [-0.4, -0.2) is 14.6 Å². The van der Waals surface area contributed by atoms with Crippen molar-refractivity contribution < 1.29 is 13.2 Å². The van der Waals surface area contributed by atoms with Crippen LogP contribution in [0.25, 0.3) is 5.65 Å². The molecule has 0 aliphatic rings. The van der Waals surface area contributed by atoms with Crippen LogP contribution in [-0.2, 0) is 11.5 Å². The van der Waals surface area contributed by atoms with Crippen molar-refractivity contribution >= 4 is 33.2 Å². The van der Waals surface area contributed by atoms with Crippen LogP contribution in [0.2, 0.25) is 0 Å². The van der Waals surface area contributed by atoms with E-state index >= 15 is 0 Å². The van der Waals surface area contributed by atoms with Gasteiger partial charge in [0.05, 0.1) is 11.3 Å². The lowest BCUT2D eigenvalue weighted by Gasteiger charge is -2.07. The second kappa shape index (κ2) is 5.60. The minimum atomic E-state index is -4.34. The summed E-state index contributed by atoms with van der Waals surface area (Å²) < 4.78 is 39.2. The summed E-state index contributed by atoms with van der Waals surface area (Å²) in [6, 6.07) is 10.3. The maximum absolute atomic E-state index is 12.5. The molecule has 22 heavy (non-hydrogen) atoms. The molecule has 0 spiro atoms. The first-order valence-corrected chi connectivity index (χ1v) is 7.44. The summed E-state index contributed by atoms with van der Waals surface area (Å²) in [4.78, 5) is 4.29. The molecule has 3 aromatic rings. The molecule has 2 heterocycles. The van der Waals surface area contributed by atoms with Gasteiger partial charge in [-0.15, -0.1) is 5.10 Å². The number of hydrogen-bond donors (Lipinski definition) is 1. The van der Waals surface area contributed by atoms with Gasteiger partial charge in [-0.1, -0.05) is 22.0 Å². The van der Waals surface area contributed by atoms with Gasteiger partial charge in [0.15, 0.2) is 5.65 Å². The molecular weight excluding hydrogens is 361 g/mol. The van der Waals surface area contributed by atoms with Crippen LogP contribution in [0.1, 0.15) is 11.3 Å². The molecule has 1 aromatic carbocycles. The summed E-state index contributed by atoms with van der Waals surface area (Å²) in [6.07, 6.45) is -4.34. The molecule has 0 saturated heterocycles. The predicted octanol–water partition coefficient (Wildman–Crippen LogP) is 4.39. The van der Waals surface area contributed by atoms with Crippen molar-refractivity contribution in [2.45, 2.75) is 11.5 Å². The average Bonchev–Trinajstić information content (AvgIpc) is 2.89. The van der Waals surface area contributed by atoms with Crippen molar-refractivity contribution in [1.82, 2.24) is 14.6 Å². The molecule has 0 radical (unpaired) electrons. The van der Waals surface area contributed by atoms with Gasteiger partial charge >= 0.3 is 6.18 Å². The number of anilines is 2. The lowest BCUT2D eigenvalue weighted by molar-refractivity contribution is -0.137. The quantitative estimate of drug-likeness (QED) is 0.695. The average molecular weight is 371 g/mol. The van der Waals surface area contributed by atoms with E-state index in [-0.39, 0.29) is 0 Å². The van der Waals surface area contributed by atoms with Crippen LogP contribution in [0.15, 0.2) is 42.5 Å². The van der Waals surface area contributed by atoms with E-state index in [9.17, 15) is 13.2 Å². The Balaban J connectivity index is 1.87. The number of alkyl halides is 4. The highest BCUT2D eigenvalue weighted by Crippen LogP contribution is 2.30. The molecule has 0 bridgehead atoms. The van der Waals surface area contributed by atoms with Gasteiger partial charge < -0.3 is 5.32 Å². The summed E-state index contributed by atoms with van der Waals surface area (Å²) >= 11 is 3.37. The smallest absolute Gasteiger partial charge is 0.323 e. The Kier molecular flexibility index (Phi) is 3.78. The number of fused-ring (bicyclic) bond motifs is 1. The van der Waals surface area contributed by atoms with Gasteiger partial charge in [0, 0.05) is 11.0 Å². The minimum absolute atomic E-state index is 0.327.